The Hall–Kier alpha value is -4.82. The van der Waals surface area contributed by atoms with Crippen molar-refractivity contribution in [2.45, 2.75) is 25.9 Å². The number of fused-ring (bicyclic) bond motifs is 1. The molecule has 8 heteroatoms. The number of rotatable bonds is 7. The molecule has 1 saturated heterocycles. The van der Waals surface area contributed by atoms with Crippen molar-refractivity contribution in [1.82, 2.24) is 9.88 Å². The van der Waals surface area contributed by atoms with Gasteiger partial charge in [0.25, 0.3) is 11.8 Å². The average molecular weight is 562 g/mol. The number of nitrogens with zero attached hydrogens (tertiary/aromatic N) is 3. The number of benzene rings is 4. The lowest BCUT2D eigenvalue weighted by molar-refractivity contribution is -0.122. The highest BCUT2D eigenvalue weighted by Crippen LogP contribution is 2.33. The minimum atomic E-state index is -0.936. The largest absolute Gasteiger partial charge is 0.497 e. The van der Waals surface area contributed by atoms with Crippen LogP contribution in [0.3, 0.4) is 0 Å². The second-order valence-electron chi connectivity index (χ2n) is 9.97. The van der Waals surface area contributed by atoms with Gasteiger partial charge in [-0.05, 0) is 72.6 Å². The first-order valence-electron chi connectivity index (χ1n) is 13.2. The van der Waals surface area contributed by atoms with E-state index in [1.807, 2.05) is 54.6 Å². The van der Waals surface area contributed by atoms with Crippen LogP contribution in [0.2, 0.25) is 0 Å². The van der Waals surface area contributed by atoms with Gasteiger partial charge in [-0.15, -0.1) is 11.3 Å². The smallest absolute Gasteiger partial charge is 0.257 e. The van der Waals surface area contributed by atoms with Gasteiger partial charge >= 0.3 is 0 Å². The Morgan fingerprint density at radius 1 is 0.976 bits per heavy atom. The number of carbonyl (C=O) groups is 3. The fourth-order valence-corrected chi connectivity index (χ4v) is 6.13. The highest BCUT2D eigenvalue weighted by Gasteiger charge is 2.44. The van der Waals surface area contributed by atoms with E-state index in [1.54, 1.807) is 47.7 Å². The number of aryl methyl sites for hydroxylation is 1. The summed E-state index contributed by atoms with van der Waals surface area (Å²) >= 11 is 1.60. The average Bonchev–Trinajstić information content (AvgIpc) is 3.55. The first kappa shape index (κ1) is 26.4. The van der Waals surface area contributed by atoms with Crippen molar-refractivity contribution in [2.24, 2.45) is 0 Å². The highest BCUT2D eigenvalue weighted by atomic mass is 32.1. The van der Waals surface area contributed by atoms with Crippen molar-refractivity contribution in [2.75, 3.05) is 12.0 Å². The molecule has 1 unspecified atom stereocenters. The van der Waals surface area contributed by atoms with Gasteiger partial charge in [-0.1, -0.05) is 42.5 Å². The van der Waals surface area contributed by atoms with Crippen molar-refractivity contribution in [1.29, 1.82) is 0 Å². The minimum absolute atomic E-state index is 0.0969. The molecule has 0 saturated carbocycles. The van der Waals surface area contributed by atoms with Crippen LogP contribution in [0.1, 0.15) is 27.9 Å². The first-order valence-corrected chi connectivity index (χ1v) is 14.1. The molecule has 7 nitrogen and oxygen atoms in total. The molecule has 0 bridgehead atoms. The zero-order chi connectivity index (χ0) is 28.5. The van der Waals surface area contributed by atoms with Gasteiger partial charge in [-0.25, -0.2) is 9.88 Å². The number of aromatic nitrogens is 1. The molecule has 2 heterocycles. The molecule has 3 amide bonds. The summed E-state index contributed by atoms with van der Waals surface area (Å²) in [4.78, 5) is 48.2. The number of thiazole rings is 1. The maximum atomic E-state index is 13.8. The van der Waals surface area contributed by atoms with Crippen LogP contribution in [0.4, 0.5) is 5.69 Å². The third-order valence-corrected chi connectivity index (χ3v) is 8.26. The van der Waals surface area contributed by atoms with Gasteiger partial charge in [0.05, 0.1) is 29.4 Å². The van der Waals surface area contributed by atoms with Crippen molar-refractivity contribution in [3.63, 3.8) is 0 Å². The molecule has 6 rings (SSSR count). The first-order chi connectivity index (χ1) is 19.9. The normalized spacial score (nSPS) is 15.0. The molecule has 0 spiro atoms. The van der Waals surface area contributed by atoms with Gasteiger partial charge < -0.3 is 9.64 Å². The van der Waals surface area contributed by atoms with Gasteiger partial charge in [0.2, 0.25) is 5.91 Å². The summed E-state index contributed by atoms with van der Waals surface area (Å²) in [5.74, 6) is -0.582. The molecule has 0 N–H and O–H groups in total. The molecule has 0 radical (unpaired) electrons. The second kappa shape index (κ2) is 11.0. The molecule has 1 aliphatic rings. The zero-order valence-electron chi connectivity index (χ0n) is 22.6. The van der Waals surface area contributed by atoms with Gasteiger partial charge in [-0.2, -0.15) is 0 Å². The molecular weight excluding hydrogens is 534 g/mol. The molecule has 1 aromatic heterocycles. The minimum Gasteiger partial charge on any atom is -0.497 e. The maximum Gasteiger partial charge on any atom is 0.257 e. The fourth-order valence-electron chi connectivity index (χ4n) is 5.06. The fraction of sp³-hybridized carbons (Fsp3) is 0.152. The Morgan fingerprint density at radius 3 is 2.51 bits per heavy atom. The Labute approximate surface area is 241 Å². The predicted octanol–water partition coefficient (Wildman–Crippen LogP) is 6.25. The molecule has 204 valence electrons. The van der Waals surface area contributed by atoms with Crippen molar-refractivity contribution < 1.29 is 19.1 Å². The summed E-state index contributed by atoms with van der Waals surface area (Å²) in [5, 5.41) is 0.868. The monoisotopic (exact) mass is 561 g/mol. The maximum absolute atomic E-state index is 13.8. The summed E-state index contributed by atoms with van der Waals surface area (Å²) in [5.41, 5.74) is 4.73. The van der Waals surface area contributed by atoms with E-state index in [4.69, 9.17) is 9.72 Å². The van der Waals surface area contributed by atoms with Crippen LogP contribution in [0.25, 0.3) is 20.8 Å². The number of anilines is 1. The van der Waals surface area contributed by atoms with E-state index in [9.17, 15) is 14.4 Å². The molecule has 41 heavy (non-hydrogen) atoms. The third kappa shape index (κ3) is 5.21. The van der Waals surface area contributed by atoms with Gasteiger partial charge in [0, 0.05) is 17.7 Å². The number of hydrogen-bond acceptors (Lipinski definition) is 6. The SMILES string of the molecule is COc1cccc(C(=O)N(Cc2ccccc2)C2CC(=O)N(c3ccc(-c4nc5ccc(C)cc5s4)cc3)C2=O)c1. The van der Waals surface area contributed by atoms with Crippen LogP contribution in [-0.2, 0) is 16.1 Å². The zero-order valence-corrected chi connectivity index (χ0v) is 23.4. The van der Waals surface area contributed by atoms with Gasteiger partial charge in [0.15, 0.2) is 0 Å². The summed E-state index contributed by atoms with van der Waals surface area (Å²) in [6.07, 6.45) is -0.0969. The van der Waals surface area contributed by atoms with Crippen LogP contribution >= 0.6 is 11.3 Å². The predicted molar refractivity (Wildman–Crippen MR) is 160 cm³/mol. The van der Waals surface area contributed by atoms with Gasteiger partial charge in [-0.3, -0.25) is 14.4 Å². The lowest BCUT2D eigenvalue weighted by Gasteiger charge is -2.28. The number of amides is 3. The van der Waals surface area contributed by atoms with Crippen LogP contribution in [-0.4, -0.2) is 40.8 Å². The van der Waals surface area contributed by atoms with Crippen molar-refractivity contribution in [3.05, 3.63) is 114 Å². The Morgan fingerprint density at radius 2 is 1.76 bits per heavy atom. The van der Waals surface area contributed by atoms with Gasteiger partial charge in [0.1, 0.15) is 16.8 Å². The van der Waals surface area contributed by atoms with E-state index in [0.29, 0.717) is 17.0 Å². The van der Waals surface area contributed by atoms with E-state index in [0.717, 1.165) is 26.4 Å². The molecule has 1 atom stereocenters. The Bertz CT molecular complexity index is 1760. The van der Waals surface area contributed by atoms with Crippen LogP contribution in [0, 0.1) is 6.92 Å². The molecular formula is C33H27N3O4S. The van der Waals surface area contributed by atoms with E-state index < -0.39 is 11.9 Å². The van der Waals surface area contributed by atoms with Crippen molar-refractivity contribution in [3.8, 4) is 16.3 Å². The van der Waals surface area contributed by atoms with E-state index in [-0.39, 0.29) is 24.8 Å². The van der Waals surface area contributed by atoms with Crippen molar-refractivity contribution >= 4 is 45.0 Å². The summed E-state index contributed by atoms with van der Waals surface area (Å²) in [6.45, 7) is 2.24. The quantitative estimate of drug-likeness (QED) is 0.219. The third-order valence-electron chi connectivity index (χ3n) is 7.19. The second-order valence-corrected chi connectivity index (χ2v) is 11.0. The molecule has 5 aromatic rings. The van der Waals surface area contributed by atoms with E-state index in [1.165, 1.54) is 22.5 Å². The van der Waals surface area contributed by atoms with Crippen LogP contribution < -0.4 is 9.64 Å². The summed E-state index contributed by atoms with van der Waals surface area (Å²) < 4.78 is 6.41. The van der Waals surface area contributed by atoms with E-state index in [2.05, 4.69) is 13.0 Å². The number of imide groups is 1. The molecule has 1 aliphatic heterocycles. The molecule has 1 fully saturated rings. The van der Waals surface area contributed by atoms with Crippen LogP contribution in [0.5, 0.6) is 5.75 Å². The summed E-state index contributed by atoms with van der Waals surface area (Å²) in [7, 11) is 1.53. The highest BCUT2D eigenvalue weighted by molar-refractivity contribution is 7.21. The van der Waals surface area contributed by atoms with Crippen LogP contribution in [0.15, 0.2) is 97.1 Å². The standard InChI is InChI=1S/C33H27N3O4S/c1-21-11-16-27-29(17-21)41-31(34-27)23-12-14-25(15-13-23)36-30(37)19-28(33(36)39)35(20-22-7-4-3-5-8-22)32(38)24-9-6-10-26(18-24)40-2/h3-18,28H,19-20H2,1-2H3. The van der Waals surface area contributed by atoms with E-state index >= 15 is 0 Å². The number of methoxy groups -OCH3 is 1. The topological polar surface area (TPSA) is 79.8 Å². The lowest BCUT2D eigenvalue weighted by Crippen LogP contribution is -2.45. The number of carbonyl (C=O) groups excluding carboxylic acids is 3. The number of hydrogen-bond donors (Lipinski definition) is 0. The summed E-state index contributed by atoms with van der Waals surface area (Å²) in [6, 6.07) is 28.7. The Balaban J connectivity index is 1.29. The molecule has 4 aromatic carbocycles. The molecule has 0 aliphatic carbocycles. The lowest BCUT2D eigenvalue weighted by atomic mass is 10.1. The number of ether oxygens (including phenoxy) is 1. The Kier molecular flexibility index (Phi) is 7.07.